The predicted molar refractivity (Wildman–Crippen MR) is 75.2 cm³/mol. The zero-order valence-corrected chi connectivity index (χ0v) is 10.7. The van der Waals surface area contributed by atoms with Crippen molar-refractivity contribution in [2.24, 2.45) is 0 Å². The fourth-order valence-electron chi connectivity index (χ4n) is 2.02. The molecule has 0 atom stereocenters. The average Bonchev–Trinajstić information content (AvgIpc) is 2.87. The van der Waals surface area contributed by atoms with E-state index >= 15 is 0 Å². The second-order valence-corrected chi connectivity index (χ2v) is 4.56. The largest absolute Gasteiger partial charge is 0.416 e. The third-order valence-corrected chi connectivity index (χ3v) is 3.08. The Morgan fingerprint density at radius 3 is 2.62 bits per heavy atom. The van der Waals surface area contributed by atoms with Gasteiger partial charge in [0.05, 0.1) is 34.3 Å². The highest BCUT2D eigenvalue weighted by Crippen LogP contribution is 2.33. The fraction of sp³-hybridized carbons (Fsp3) is 0.0714. The number of nitrogens with zero attached hydrogens (tertiary/aromatic N) is 1. The first-order valence-corrected chi connectivity index (χ1v) is 6.10. The van der Waals surface area contributed by atoms with Crippen molar-refractivity contribution in [3.63, 3.8) is 0 Å². The molecule has 2 aromatic carbocycles. The van der Waals surface area contributed by atoms with Crippen LogP contribution in [0.3, 0.4) is 0 Å². The number of aromatic nitrogens is 2. The van der Waals surface area contributed by atoms with Gasteiger partial charge in [0.2, 0.25) is 0 Å². The van der Waals surface area contributed by atoms with Crippen LogP contribution in [-0.4, -0.2) is 9.97 Å². The molecule has 0 saturated carbocycles. The van der Waals surface area contributed by atoms with Gasteiger partial charge in [-0.05, 0) is 36.4 Å². The Morgan fingerprint density at radius 1 is 1.10 bits per heavy atom. The topological polar surface area (TPSA) is 66.7 Å². The van der Waals surface area contributed by atoms with Crippen molar-refractivity contribution in [1.29, 1.82) is 0 Å². The van der Waals surface area contributed by atoms with Crippen LogP contribution in [0, 0.1) is 0 Å². The number of halogens is 3. The quantitative estimate of drug-likeness (QED) is 0.627. The molecule has 0 fully saturated rings. The number of aromatic amines is 1. The van der Waals surface area contributed by atoms with Crippen molar-refractivity contribution < 1.29 is 13.2 Å². The number of H-pyrrole nitrogens is 1. The van der Waals surface area contributed by atoms with Crippen molar-refractivity contribution in [3.8, 4) is 0 Å². The minimum Gasteiger partial charge on any atom is -0.397 e. The summed E-state index contributed by atoms with van der Waals surface area (Å²) in [5.74, 6) is 0. The summed E-state index contributed by atoms with van der Waals surface area (Å²) < 4.78 is 37.7. The summed E-state index contributed by atoms with van der Waals surface area (Å²) in [6, 6.07) is 8.61. The van der Waals surface area contributed by atoms with E-state index in [2.05, 4.69) is 15.3 Å². The number of hydrogen-bond acceptors (Lipinski definition) is 3. The molecule has 0 aliphatic carbocycles. The maximum atomic E-state index is 12.6. The lowest BCUT2D eigenvalue weighted by atomic mass is 10.1. The number of anilines is 3. The summed E-state index contributed by atoms with van der Waals surface area (Å²) in [5, 5.41) is 2.99. The molecule has 3 rings (SSSR count). The first kappa shape index (κ1) is 13.3. The fourth-order valence-corrected chi connectivity index (χ4v) is 2.02. The molecule has 0 amide bonds. The van der Waals surface area contributed by atoms with E-state index in [0.717, 1.165) is 23.2 Å². The normalized spacial score (nSPS) is 11.8. The smallest absolute Gasteiger partial charge is 0.397 e. The van der Waals surface area contributed by atoms with Gasteiger partial charge >= 0.3 is 6.18 Å². The van der Waals surface area contributed by atoms with Gasteiger partial charge in [0, 0.05) is 5.69 Å². The monoisotopic (exact) mass is 292 g/mol. The van der Waals surface area contributed by atoms with Crippen LogP contribution in [0.4, 0.5) is 30.2 Å². The molecule has 0 saturated heterocycles. The molecule has 0 bridgehead atoms. The second-order valence-electron chi connectivity index (χ2n) is 4.56. The molecule has 0 aliphatic heterocycles. The first-order chi connectivity index (χ1) is 9.93. The molecule has 4 N–H and O–H groups in total. The number of hydrogen-bond donors (Lipinski definition) is 3. The summed E-state index contributed by atoms with van der Waals surface area (Å²) >= 11 is 0. The van der Waals surface area contributed by atoms with Crippen molar-refractivity contribution in [2.45, 2.75) is 6.18 Å². The minimum absolute atomic E-state index is 0.0366. The van der Waals surface area contributed by atoms with E-state index in [9.17, 15) is 13.2 Å². The van der Waals surface area contributed by atoms with E-state index in [1.54, 1.807) is 24.5 Å². The molecular weight excluding hydrogens is 281 g/mol. The molecule has 7 heteroatoms. The standard InChI is InChI=1S/C14H11F3N4/c15-14(16,17)8-1-3-11(10(18)5-8)21-9-2-4-12-13(6-9)20-7-19-12/h1-7,21H,18H2,(H,19,20). The number of rotatable bonds is 2. The Bertz CT molecular complexity index is 792. The van der Waals surface area contributed by atoms with E-state index in [-0.39, 0.29) is 5.69 Å². The van der Waals surface area contributed by atoms with Crippen molar-refractivity contribution in [2.75, 3.05) is 11.1 Å². The van der Waals surface area contributed by atoms with Gasteiger partial charge in [0.15, 0.2) is 0 Å². The highest BCUT2D eigenvalue weighted by molar-refractivity contribution is 5.82. The Kier molecular flexibility index (Phi) is 2.97. The first-order valence-electron chi connectivity index (χ1n) is 6.10. The lowest BCUT2D eigenvalue weighted by Gasteiger charge is -2.12. The Labute approximate surface area is 117 Å². The maximum absolute atomic E-state index is 12.6. The Balaban J connectivity index is 1.90. The van der Waals surface area contributed by atoms with Gasteiger partial charge in [-0.3, -0.25) is 0 Å². The summed E-state index contributed by atoms with van der Waals surface area (Å²) in [7, 11) is 0. The second kappa shape index (κ2) is 4.69. The summed E-state index contributed by atoms with van der Waals surface area (Å²) in [6.07, 6.45) is -2.83. The van der Waals surface area contributed by atoms with E-state index in [1.807, 2.05) is 0 Å². The van der Waals surface area contributed by atoms with Crippen LogP contribution < -0.4 is 11.1 Å². The van der Waals surface area contributed by atoms with E-state index in [1.165, 1.54) is 6.07 Å². The highest BCUT2D eigenvalue weighted by atomic mass is 19.4. The third kappa shape index (κ3) is 2.62. The van der Waals surface area contributed by atoms with Crippen LogP contribution in [0.2, 0.25) is 0 Å². The van der Waals surface area contributed by atoms with Crippen LogP contribution >= 0.6 is 0 Å². The van der Waals surface area contributed by atoms with Gasteiger partial charge in [-0.2, -0.15) is 13.2 Å². The van der Waals surface area contributed by atoms with Crippen LogP contribution in [0.5, 0.6) is 0 Å². The van der Waals surface area contributed by atoms with Gasteiger partial charge in [0.1, 0.15) is 0 Å². The van der Waals surface area contributed by atoms with E-state index < -0.39 is 11.7 Å². The lowest BCUT2D eigenvalue weighted by molar-refractivity contribution is -0.137. The van der Waals surface area contributed by atoms with Crippen LogP contribution in [0.25, 0.3) is 11.0 Å². The van der Waals surface area contributed by atoms with Crippen LogP contribution in [-0.2, 0) is 6.18 Å². The van der Waals surface area contributed by atoms with Crippen molar-refractivity contribution in [1.82, 2.24) is 9.97 Å². The van der Waals surface area contributed by atoms with Crippen LogP contribution in [0.15, 0.2) is 42.7 Å². The number of imidazole rings is 1. The Morgan fingerprint density at radius 2 is 1.90 bits per heavy atom. The minimum atomic E-state index is -4.40. The number of nitrogens with two attached hydrogens (primary N) is 1. The molecule has 1 aromatic heterocycles. The molecule has 108 valence electrons. The van der Waals surface area contributed by atoms with Crippen molar-refractivity contribution in [3.05, 3.63) is 48.3 Å². The van der Waals surface area contributed by atoms with Gasteiger partial charge < -0.3 is 16.0 Å². The molecule has 0 radical (unpaired) electrons. The van der Waals surface area contributed by atoms with Gasteiger partial charge in [0.25, 0.3) is 0 Å². The number of alkyl halides is 3. The molecule has 0 spiro atoms. The molecule has 3 aromatic rings. The summed E-state index contributed by atoms with van der Waals surface area (Å²) in [6.45, 7) is 0. The average molecular weight is 292 g/mol. The van der Waals surface area contributed by atoms with Gasteiger partial charge in [-0.15, -0.1) is 0 Å². The summed E-state index contributed by atoms with van der Waals surface area (Å²) in [5.41, 5.74) is 7.70. The van der Waals surface area contributed by atoms with Crippen molar-refractivity contribution >= 4 is 28.1 Å². The predicted octanol–water partition coefficient (Wildman–Crippen LogP) is 3.91. The molecular formula is C14H11F3N4. The number of nitrogen functional groups attached to an aromatic ring is 1. The van der Waals surface area contributed by atoms with E-state index in [4.69, 9.17) is 5.73 Å². The number of fused-ring (bicyclic) bond motifs is 1. The number of nitrogens with one attached hydrogen (secondary N) is 2. The Hall–Kier alpha value is -2.70. The number of benzene rings is 2. The SMILES string of the molecule is Nc1cc(C(F)(F)F)ccc1Nc1ccc2nc[nH]c2c1. The molecule has 21 heavy (non-hydrogen) atoms. The summed E-state index contributed by atoms with van der Waals surface area (Å²) in [4.78, 5) is 7.05. The van der Waals surface area contributed by atoms with Crippen LogP contribution in [0.1, 0.15) is 5.56 Å². The molecule has 0 aliphatic rings. The van der Waals surface area contributed by atoms with Gasteiger partial charge in [-0.1, -0.05) is 0 Å². The maximum Gasteiger partial charge on any atom is 0.416 e. The molecule has 1 heterocycles. The zero-order chi connectivity index (χ0) is 15.0. The lowest BCUT2D eigenvalue weighted by Crippen LogP contribution is -2.06. The molecule has 0 unspecified atom stereocenters. The van der Waals surface area contributed by atoms with E-state index in [0.29, 0.717) is 11.4 Å². The molecule has 4 nitrogen and oxygen atoms in total. The highest BCUT2D eigenvalue weighted by Gasteiger charge is 2.30. The zero-order valence-electron chi connectivity index (χ0n) is 10.7. The van der Waals surface area contributed by atoms with Gasteiger partial charge in [-0.25, -0.2) is 4.98 Å². The third-order valence-electron chi connectivity index (χ3n) is 3.08.